The lowest BCUT2D eigenvalue weighted by atomic mass is 9.70. The minimum Gasteiger partial charge on any atom is -0.508 e. The summed E-state index contributed by atoms with van der Waals surface area (Å²) in [6.07, 6.45) is 1.85. The molecule has 0 saturated heterocycles. The van der Waals surface area contributed by atoms with E-state index in [0.29, 0.717) is 19.4 Å². The molecule has 1 aromatic carbocycles. The molecular weight excluding hydrogens is 308 g/mol. The molecule has 132 valence electrons. The molecular formula is C17H26N4O3. The molecule has 0 aliphatic carbocycles. The normalized spacial score (nSPS) is 14.4. The minimum atomic E-state index is -0.796. The van der Waals surface area contributed by atoms with Crippen molar-refractivity contribution in [1.29, 1.82) is 5.41 Å². The van der Waals surface area contributed by atoms with Crippen LogP contribution in [0.4, 0.5) is 0 Å². The Morgan fingerprint density at radius 1 is 1.46 bits per heavy atom. The molecule has 0 saturated carbocycles. The highest BCUT2D eigenvalue weighted by Gasteiger charge is 2.35. The second-order valence-electron chi connectivity index (χ2n) is 6.41. The van der Waals surface area contributed by atoms with Gasteiger partial charge in [-0.25, -0.2) is 0 Å². The van der Waals surface area contributed by atoms with Crippen LogP contribution in [0.25, 0.3) is 0 Å². The van der Waals surface area contributed by atoms with E-state index in [-0.39, 0.29) is 24.0 Å². The van der Waals surface area contributed by atoms with Gasteiger partial charge in [0.1, 0.15) is 12.0 Å². The molecule has 0 spiro atoms. The molecule has 0 bridgehead atoms. The highest BCUT2D eigenvalue weighted by atomic mass is 16.3. The Kier molecular flexibility index (Phi) is 6.76. The second kappa shape index (κ2) is 8.33. The number of aldehydes is 1. The first-order valence-electron chi connectivity index (χ1n) is 7.79. The lowest BCUT2D eigenvalue weighted by Crippen LogP contribution is -2.38. The fraction of sp³-hybridized carbons (Fsp3) is 0.471. The zero-order chi connectivity index (χ0) is 18.3. The fourth-order valence-corrected chi connectivity index (χ4v) is 2.86. The number of amides is 1. The van der Waals surface area contributed by atoms with Crippen molar-refractivity contribution in [3.8, 4) is 5.75 Å². The van der Waals surface area contributed by atoms with E-state index < -0.39 is 11.3 Å². The van der Waals surface area contributed by atoms with Crippen molar-refractivity contribution in [2.24, 2.45) is 22.8 Å². The third-order valence-electron chi connectivity index (χ3n) is 4.36. The third-order valence-corrected chi connectivity index (χ3v) is 4.36. The van der Waals surface area contributed by atoms with Gasteiger partial charge in [0.15, 0.2) is 5.96 Å². The predicted octanol–water partition coefficient (Wildman–Crippen LogP) is 0.813. The molecule has 0 aliphatic rings. The van der Waals surface area contributed by atoms with Gasteiger partial charge in [-0.2, -0.15) is 0 Å². The van der Waals surface area contributed by atoms with Crippen molar-refractivity contribution in [2.45, 2.75) is 33.1 Å². The standard InChI is InChI=1S/C17H26N4O3/c1-11-7-14(23)4-3-12(11)9-17(2,10-22)13(8-15(18)24)5-6-21-16(19)20/h3-4,7,10,13,23H,5-6,8-9H2,1-2H3,(H2,18,24)(H4,19,20,21). The number of hydrogen-bond donors (Lipinski definition) is 5. The minimum absolute atomic E-state index is 0.0754. The number of nitrogens with one attached hydrogen (secondary N) is 2. The van der Waals surface area contributed by atoms with E-state index in [1.165, 1.54) is 0 Å². The largest absolute Gasteiger partial charge is 0.508 e. The molecule has 0 heterocycles. The van der Waals surface area contributed by atoms with Crippen LogP contribution in [0, 0.1) is 23.7 Å². The van der Waals surface area contributed by atoms with Crippen molar-refractivity contribution >= 4 is 18.2 Å². The Balaban J connectivity index is 3.00. The quantitative estimate of drug-likeness (QED) is 0.258. The van der Waals surface area contributed by atoms with Crippen molar-refractivity contribution in [3.05, 3.63) is 29.3 Å². The molecule has 1 aromatic rings. The first kappa shape index (κ1) is 19.5. The van der Waals surface area contributed by atoms with E-state index in [1.807, 2.05) is 6.92 Å². The van der Waals surface area contributed by atoms with Crippen LogP contribution in [0.1, 0.15) is 30.9 Å². The summed E-state index contributed by atoms with van der Waals surface area (Å²) in [5.74, 6) is -0.746. The van der Waals surface area contributed by atoms with Crippen molar-refractivity contribution in [3.63, 3.8) is 0 Å². The third kappa shape index (κ3) is 5.57. The maximum atomic E-state index is 11.8. The Morgan fingerprint density at radius 3 is 2.62 bits per heavy atom. The van der Waals surface area contributed by atoms with Crippen LogP contribution in [0.3, 0.4) is 0 Å². The summed E-state index contributed by atoms with van der Waals surface area (Å²) >= 11 is 0. The molecule has 0 radical (unpaired) electrons. The van der Waals surface area contributed by atoms with Crippen LogP contribution in [-0.4, -0.2) is 29.8 Å². The fourth-order valence-electron chi connectivity index (χ4n) is 2.86. The Hall–Kier alpha value is -2.57. The molecule has 0 aromatic heterocycles. The second-order valence-corrected chi connectivity index (χ2v) is 6.41. The smallest absolute Gasteiger partial charge is 0.217 e. The van der Waals surface area contributed by atoms with Gasteiger partial charge in [0.2, 0.25) is 5.91 Å². The molecule has 1 amide bonds. The monoisotopic (exact) mass is 334 g/mol. The van der Waals surface area contributed by atoms with Crippen LogP contribution >= 0.6 is 0 Å². The highest BCUT2D eigenvalue weighted by Crippen LogP contribution is 2.35. The van der Waals surface area contributed by atoms with E-state index in [4.69, 9.17) is 16.9 Å². The van der Waals surface area contributed by atoms with Gasteiger partial charge in [-0.15, -0.1) is 0 Å². The van der Waals surface area contributed by atoms with Gasteiger partial charge in [-0.1, -0.05) is 13.0 Å². The molecule has 7 nitrogen and oxygen atoms in total. The maximum Gasteiger partial charge on any atom is 0.217 e. The molecule has 7 N–H and O–H groups in total. The van der Waals surface area contributed by atoms with Crippen LogP contribution in [0.5, 0.6) is 5.75 Å². The SMILES string of the molecule is Cc1cc(O)ccc1CC(C)(C=O)C(CCNC(=N)N)CC(N)=O. The number of benzene rings is 1. The molecule has 0 fully saturated rings. The van der Waals surface area contributed by atoms with E-state index in [9.17, 15) is 14.7 Å². The Labute approximate surface area is 141 Å². The zero-order valence-corrected chi connectivity index (χ0v) is 14.1. The topological polar surface area (TPSA) is 142 Å². The van der Waals surface area contributed by atoms with Gasteiger partial charge in [0.25, 0.3) is 0 Å². The first-order chi connectivity index (χ1) is 11.2. The summed E-state index contributed by atoms with van der Waals surface area (Å²) in [5, 5.41) is 19.4. The van der Waals surface area contributed by atoms with Crippen LogP contribution in [-0.2, 0) is 16.0 Å². The van der Waals surface area contributed by atoms with Crippen LogP contribution < -0.4 is 16.8 Å². The number of carbonyl (C=O) groups is 2. The number of aromatic hydroxyl groups is 1. The molecule has 7 heteroatoms. The lowest BCUT2D eigenvalue weighted by Gasteiger charge is -2.33. The summed E-state index contributed by atoms with van der Waals surface area (Å²) in [7, 11) is 0. The van der Waals surface area contributed by atoms with E-state index in [2.05, 4.69) is 5.32 Å². The first-order valence-corrected chi connectivity index (χ1v) is 7.79. The van der Waals surface area contributed by atoms with E-state index in [1.54, 1.807) is 25.1 Å². The highest BCUT2D eigenvalue weighted by molar-refractivity contribution is 5.75. The Morgan fingerprint density at radius 2 is 2.12 bits per heavy atom. The van der Waals surface area contributed by atoms with Gasteiger partial charge in [0.05, 0.1) is 0 Å². The molecule has 2 unspecified atom stereocenters. The van der Waals surface area contributed by atoms with Crippen molar-refractivity contribution in [2.75, 3.05) is 6.54 Å². The van der Waals surface area contributed by atoms with Gasteiger partial charge < -0.3 is 26.7 Å². The van der Waals surface area contributed by atoms with Gasteiger partial charge >= 0.3 is 0 Å². The number of phenols is 1. The molecule has 24 heavy (non-hydrogen) atoms. The number of hydrogen-bond acceptors (Lipinski definition) is 4. The zero-order valence-electron chi connectivity index (χ0n) is 14.1. The maximum absolute atomic E-state index is 11.8. The Bertz CT molecular complexity index is 618. The van der Waals surface area contributed by atoms with Gasteiger partial charge in [0, 0.05) is 18.4 Å². The summed E-state index contributed by atoms with van der Waals surface area (Å²) in [6, 6.07) is 5.00. The summed E-state index contributed by atoms with van der Waals surface area (Å²) in [4.78, 5) is 23.3. The number of rotatable bonds is 9. The summed E-state index contributed by atoms with van der Waals surface area (Å²) in [5.41, 5.74) is 11.6. The molecule has 2 atom stereocenters. The van der Waals surface area contributed by atoms with Crippen LogP contribution in [0.15, 0.2) is 18.2 Å². The number of primary amides is 1. The summed E-state index contributed by atoms with van der Waals surface area (Å²) in [6.45, 7) is 4.04. The average molecular weight is 334 g/mol. The average Bonchev–Trinajstić information content (AvgIpc) is 2.48. The number of phenolic OH excluding ortho intramolecular Hbond substituents is 1. The van der Waals surface area contributed by atoms with Gasteiger partial charge in [-0.3, -0.25) is 10.2 Å². The lowest BCUT2D eigenvalue weighted by molar-refractivity contribution is -0.123. The molecule has 0 aliphatic heterocycles. The predicted molar refractivity (Wildman–Crippen MR) is 92.6 cm³/mol. The van der Waals surface area contributed by atoms with E-state index in [0.717, 1.165) is 17.4 Å². The number of guanidine groups is 1. The number of nitrogens with two attached hydrogens (primary N) is 2. The van der Waals surface area contributed by atoms with E-state index >= 15 is 0 Å². The number of aryl methyl sites for hydroxylation is 1. The summed E-state index contributed by atoms with van der Waals surface area (Å²) < 4.78 is 0. The van der Waals surface area contributed by atoms with Crippen LogP contribution in [0.2, 0.25) is 0 Å². The number of carbonyl (C=O) groups excluding carboxylic acids is 2. The van der Waals surface area contributed by atoms with Crippen molar-refractivity contribution < 1.29 is 14.7 Å². The van der Waals surface area contributed by atoms with Gasteiger partial charge in [-0.05, 0) is 48.9 Å². The molecule has 1 rings (SSSR count). The van der Waals surface area contributed by atoms with Crippen molar-refractivity contribution in [1.82, 2.24) is 5.32 Å².